The molecule has 1 aromatic heterocycles. The minimum absolute atomic E-state index is 0.135. The summed E-state index contributed by atoms with van der Waals surface area (Å²) in [4.78, 5) is 12.6. The SMILES string of the molecule is Cc1ccc(C)c(C(C)NC(=O)c2ccc(NS(=O)(=O)c3cccs3)cc2)c1. The van der Waals surface area contributed by atoms with Crippen molar-refractivity contribution in [3.8, 4) is 0 Å². The number of anilines is 1. The van der Waals surface area contributed by atoms with E-state index in [1.54, 1.807) is 41.8 Å². The third-order valence-electron chi connectivity index (χ3n) is 4.41. The second-order valence-corrected chi connectivity index (χ2v) is 9.53. The summed E-state index contributed by atoms with van der Waals surface area (Å²) >= 11 is 1.15. The van der Waals surface area contributed by atoms with E-state index in [0.717, 1.165) is 28.0 Å². The van der Waals surface area contributed by atoms with Crippen LogP contribution in [0.25, 0.3) is 0 Å². The maximum atomic E-state index is 12.6. The number of rotatable bonds is 6. The zero-order valence-electron chi connectivity index (χ0n) is 15.9. The molecular formula is C21H22N2O3S2. The topological polar surface area (TPSA) is 75.3 Å². The zero-order valence-corrected chi connectivity index (χ0v) is 17.5. The van der Waals surface area contributed by atoms with Crippen molar-refractivity contribution >= 4 is 33.0 Å². The second kappa shape index (κ2) is 8.16. The quantitative estimate of drug-likeness (QED) is 0.616. The van der Waals surface area contributed by atoms with E-state index in [9.17, 15) is 13.2 Å². The van der Waals surface area contributed by atoms with Gasteiger partial charge in [-0.1, -0.05) is 29.8 Å². The Morgan fingerprint density at radius 2 is 1.75 bits per heavy atom. The summed E-state index contributed by atoms with van der Waals surface area (Å²) in [7, 11) is -3.60. The van der Waals surface area contributed by atoms with E-state index >= 15 is 0 Å². The van der Waals surface area contributed by atoms with Crippen molar-refractivity contribution in [2.24, 2.45) is 0 Å². The van der Waals surface area contributed by atoms with Crippen LogP contribution in [0.4, 0.5) is 5.69 Å². The Hall–Kier alpha value is -2.64. The molecule has 0 fully saturated rings. The molecule has 28 heavy (non-hydrogen) atoms. The third-order valence-corrected chi connectivity index (χ3v) is 7.19. The molecule has 0 aliphatic carbocycles. The Kier molecular flexibility index (Phi) is 5.86. The highest BCUT2D eigenvalue weighted by molar-refractivity contribution is 7.94. The van der Waals surface area contributed by atoms with Gasteiger partial charge in [0.25, 0.3) is 15.9 Å². The van der Waals surface area contributed by atoms with Crippen LogP contribution >= 0.6 is 11.3 Å². The van der Waals surface area contributed by atoms with E-state index in [1.165, 1.54) is 0 Å². The van der Waals surface area contributed by atoms with Gasteiger partial charge in [0.2, 0.25) is 0 Å². The van der Waals surface area contributed by atoms with Crippen LogP contribution < -0.4 is 10.0 Å². The first-order valence-electron chi connectivity index (χ1n) is 8.80. The number of aryl methyl sites for hydroxylation is 2. The summed E-state index contributed by atoms with van der Waals surface area (Å²) in [5, 5.41) is 4.70. The molecule has 1 heterocycles. The van der Waals surface area contributed by atoms with Gasteiger partial charge in [-0.3, -0.25) is 9.52 Å². The molecule has 1 unspecified atom stereocenters. The van der Waals surface area contributed by atoms with Crippen LogP contribution in [0.5, 0.6) is 0 Å². The molecule has 1 atom stereocenters. The fraction of sp³-hybridized carbons (Fsp3) is 0.190. The van der Waals surface area contributed by atoms with E-state index in [1.807, 2.05) is 32.9 Å². The molecular weight excluding hydrogens is 392 g/mol. The maximum Gasteiger partial charge on any atom is 0.271 e. The number of amides is 1. The van der Waals surface area contributed by atoms with Gasteiger partial charge >= 0.3 is 0 Å². The average molecular weight is 415 g/mol. The summed E-state index contributed by atoms with van der Waals surface area (Å²) in [6.07, 6.45) is 0. The minimum Gasteiger partial charge on any atom is -0.346 e. The summed E-state index contributed by atoms with van der Waals surface area (Å²) in [5.74, 6) is -0.207. The molecule has 0 saturated carbocycles. The van der Waals surface area contributed by atoms with Gasteiger partial charge in [0.05, 0.1) is 6.04 Å². The number of nitrogens with one attached hydrogen (secondary N) is 2. The highest BCUT2D eigenvalue weighted by Gasteiger charge is 2.16. The predicted octanol–water partition coefficient (Wildman–Crippen LogP) is 4.66. The molecule has 3 rings (SSSR count). The van der Waals surface area contributed by atoms with Gasteiger partial charge < -0.3 is 5.32 Å². The number of benzene rings is 2. The number of hydrogen-bond acceptors (Lipinski definition) is 4. The zero-order chi connectivity index (χ0) is 20.3. The predicted molar refractivity (Wildman–Crippen MR) is 113 cm³/mol. The van der Waals surface area contributed by atoms with Gasteiger partial charge in [0.1, 0.15) is 4.21 Å². The largest absolute Gasteiger partial charge is 0.346 e. The Morgan fingerprint density at radius 3 is 2.39 bits per heavy atom. The molecule has 1 amide bonds. The minimum atomic E-state index is -3.60. The molecule has 2 N–H and O–H groups in total. The van der Waals surface area contributed by atoms with Crippen LogP contribution in [-0.2, 0) is 10.0 Å². The first-order chi connectivity index (χ1) is 13.3. The lowest BCUT2D eigenvalue weighted by atomic mass is 9.99. The molecule has 0 aliphatic heterocycles. The molecule has 146 valence electrons. The fourth-order valence-corrected chi connectivity index (χ4v) is 4.95. The molecule has 7 heteroatoms. The van der Waals surface area contributed by atoms with Crippen LogP contribution in [0.2, 0.25) is 0 Å². The molecule has 0 aliphatic rings. The van der Waals surface area contributed by atoms with Crippen LogP contribution in [0, 0.1) is 13.8 Å². The number of carbonyl (C=O) groups excluding carboxylic acids is 1. The van der Waals surface area contributed by atoms with Crippen molar-refractivity contribution in [3.63, 3.8) is 0 Å². The first kappa shape index (κ1) is 20.1. The molecule has 5 nitrogen and oxygen atoms in total. The van der Waals surface area contributed by atoms with E-state index in [2.05, 4.69) is 16.1 Å². The Balaban J connectivity index is 1.69. The van der Waals surface area contributed by atoms with Crippen LogP contribution in [0.3, 0.4) is 0 Å². The summed E-state index contributed by atoms with van der Waals surface area (Å²) in [6, 6.07) is 15.6. The monoisotopic (exact) mass is 414 g/mol. The third kappa shape index (κ3) is 4.61. The smallest absolute Gasteiger partial charge is 0.271 e. The number of hydrogen-bond donors (Lipinski definition) is 2. The molecule has 0 radical (unpaired) electrons. The summed E-state index contributed by atoms with van der Waals surface area (Å²) in [6.45, 7) is 5.99. The van der Waals surface area contributed by atoms with Crippen LogP contribution in [-0.4, -0.2) is 14.3 Å². The first-order valence-corrected chi connectivity index (χ1v) is 11.2. The molecule has 3 aromatic rings. The Morgan fingerprint density at radius 1 is 1.04 bits per heavy atom. The van der Waals surface area contributed by atoms with Crippen molar-refractivity contribution in [2.75, 3.05) is 4.72 Å². The normalized spacial score (nSPS) is 12.4. The lowest BCUT2D eigenvalue weighted by Crippen LogP contribution is -2.27. The maximum absolute atomic E-state index is 12.6. The number of sulfonamides is 1. The van der Waals surface area contributed by atoms with Gasteiger partial charge in [-0.05, 0) is 67.6 Å². The highest BCUT2D eigenvalue weighted by atomic mass is 32.2. The lowest BCUT2D eigenvalue weighted by Gasteiger charge is -2.17. The van der Waals surface area contributed by atoms with Crippen LogP contribution in [0.1, 0.15) is 40.0 Å². The standard InChI is InChI=1S/C21H22N2O3S2/c1-14-6-7-15(2)19(13-14)16(3)22-21(24)17-8-10-18(11-9-17)23-28(25,26)20-5-4-12-27-20/h4-13,16,23H,1-3H3,(H,22,24). The van der Waals surface area contributed by atoms with Crippen LogP contribution in [0.15, 0.2) is 64.2 Å². The Bertz CT molecular complexity index is 1070. The van der Waals surface area contributed by atoms with Crippen molar-refractivity contribution in [1.29, 1.82) is 0 Å². The van der Waals surface area contributed by atoms with E-state index in [4.69, 9.17) is 0 Å². The van der Waals surface area contributed by atoms with Gasteiger partial charge in [-0.2, -0.15) is 0 Å². The van der Waals surface area contributed by atoms with E-state index in [0.29, 0.717) is 11.3 Å². The number of carbonyl (C=O) groups is 1. The van der Waals surface area contributed by atoms with Gasteiger partial charge in [-0.15, -0.1) is 11.3 Å². The molecule has 2 aromatic carbocycles. The lowest BCUT2D eigenvalue weighted by molar-refractivity contribution is 0.0940. The summed E-state index contributed by atoms with van der Waals surface area (Å²) < 4.78 is 27.3. The van der Waals surface area contributed by atoms with Crippen molar-refractivity contribution in [1.82, 2.24) is 5.32 Å². The molecule has 0 saturated heterocycles. The molecule has 0 bridgehead atoms. The Labute approximate surface area is 169 Å². The van der Waals surface area contributed by atoms with Crippen molar-refractivity contribution < 1.29 is 13.2 Å². The van der Waals surface area contributed by atoms with Crippen molar-refractivity contribution in [3.05, 3.63) is 82.2 Å². The average Bonchev–Trinajstić information content (AvgIpc) is 3.19. The van der Waals surface area contributed by atoms with E-state index < -0.39 is 10.0 Å². The van der Waals surface area contributed by atoms with E-state index in [-0.39, 0.29) is 16.2 Å². The van der Waals surface area contributed by atoms with Gasteiger partial charge in [-0.25, -0.2) is 8.42 Å². The second-order valence-electron chi connectivity index (χ2n) is 6.67. The summed E-state index contributed by atoms with van der Waals surface area (Å²) in [5.41, 5.74) is 4.22. The number of thiophene rings is 1. The fourth-order valence-electron chi connectivity index (χ4n) is 2.90. The van der Waals surface area contributed by atoms with Gasteiger partial charge in [0.15, 0.2) is 0 Å². The molecule has 0 spiro atoms. The highest BCUT2D eigenvalue weighted by Crippen LogP contribution is 2.22. The van der Waals surface area contributed by atoms with Gasteiger partial charge in [0, 0.05) is 11.3 Å². The van der Waals surface area contributed by atoms with Crippen molar-refractivity contribution in [2.45, 2.75) is 31.0 Å².